The van der Waals surface area contributed by atoms with E-state index in [2.05, 4.69) is 5.73 Å². The first kappa shape index (κ1) is 7.41. The molecule has 9 heavy (non-hydrogen) atoms. The molecule has 0 aliphatic rings. The van der Waals surface area contributed by atoms with Crippen LogP contribution in [0.3, 0.4) is 0 Å². The van der Waals surface area contributed by atoms with E-state index in [-0.39, 0.29) is 6.41 Å². The van der Waals surface area contributed by atoms with E-state index in [4.69, 9.17) is 0 Å². The first-order valence-corrected chi connectivity index (χ1v) is 1.97. The topological polar surface area (TPSA) is 101 Å². The van der Waals surface area contributed by atoms with Gasteiger partial charge in [0.2, 0.25) is 6.41 Å². The molecule has 6 heteroatoms. The second-order valence-electron chi connectivity index (χ2n) is 1.08. The summed E-state index contributed by atoms with van der Waals surface area (Å²) in [6.45, 7) is 0. The first-order chi connectivity index (χ1) is 4.18. The number of nitrogens with one attached hydrogen (secondary N) is 2. The second kappa shape index (κ2) is 3.42. The van der Waals surface area contributed by atoms with Crippen LogP contribution in [0.2, 0.25) is 0 Å². The number of hydrazine groups is 1. The Balaban J connectivity index is 3.51. The van der Waals surface area contributed by atoms with Gasteiger partial charge in [-0.3, -0.25) is 25.2 Å². The lowest BCUT2D eigenvalue weighted by Gasteiger charge is -1.95. The van der Waals surface area contributed by atoms with Crippen LogP contribution >= 0.6 is 0 Å². The molecule has 4 N–H and O–H groups in total. The summed E-state index contributed by atoms with van der Waals surface area (Å²) >= 11 is 0. The van der Waals surface area contributed by atoms with Crippen molar-refractivity contribution in [2.24, 2.45) is 5.73 Å². The molecule has 0 aliphatic heterocycles. The van der Waals surface area contributed by atoms with Gasteiger partial charge in [0.05, 0.1) is 0 Å². The Labute approximate surface area is 50.4 Å². The van der Waals surface area contributed by atoms with Crippen LogP contribution in [-0.4, -0.2) is 18.2 Å². The van der Waals surface area contributed by atoms with Gasteiger partial charge in [0.25, 0.3) is 0 Å². The van der Waals surface area contributed by atoms with E-state index >= 15 is 0 Å². The zero-order chi connectivity index (χ0) is 7.28. The van der Waals surface area contributed by atoms with Gasteiger partial charge in [0, 0.05) is 0 Å². The van der Waals surface area contributed by atoms with Gasteiger partial charge < -0.3 is 5.73 Å². The predicted octanol–water partition coefficient (Wildman–Crippen LogP) is -2.75. The number of amides is 3. The number of primary amides is 1. The molecule has 6 nitrogen and oxygen atoms in total. The van der Waals surface area contributed by atoms with Gasteiger partial charge in [0.15, 0.2) is 0 Å². The Morgan fingerprint density at radius 1 is 1.44 bits per heavy atom. The molecular formula is C3H5N3O3. The number of hydrogen-bond donors (Lipinski definition) is 3. The molecule has 0 aromatic rings. The van der Waals surface area contributed by atoms with E-state index in [0.29, 0.717) is 0 Å². The Bertz CT molecular complexity index is 143. The summed E-state index contributed by atoms with van der Waals surface area (Å²) in [6.07, 6.45) is 0.209. The van der Waals surface area contributed by atoms with Gasteiger partial charge >= 0.3 is 11.8 Å². The lowest BCUT2D eigenvalue weighted by molar-refractivity contribution is -0.138. The van der Waals surface area contributed by atoms with Gasteiger partial charge in [-0.15, -0.1) is 0 Å². The molecule has 0 heterocycles. The maximum absolute atomic E-state index is 10.1. The van der Waals surface area contributed by atoms with Crippen LogP contribution in [-0.2, 0) is 14.4 Å². The highest BCUT2D eigenvalue weighted by Crippen LogP contribution is 1.54. The van der Waals surface area contributed by atoms with E-state index in [9.17, 15) is 14.4 Å². The second-order valence-corrected chi connectivity index (χ2v) is 1.08. The zero-order valence-corrected chi connectivity index (χ0v) is 4.38. The van der Waals surface area contributed by atoms with E-state index < -0.39 is 11.8 Å². The quantitative estimate of drug-likeness (QED) is 0.215. The molecule has 0 radical (unpaired) electrons. The van der Waals surface area contributed by atoms with Gasteiger partial charge in [-0.25, -0.2) is 0 Å². The van der Waals surface area contributed by atoms with Gasteiger partial charge in [0.1, 0.15) is 0 Å². The van der Waals surface area contributed by atoms with Crippen molar-refractivity contribution in [3.05, 3.63) is 0 Å². The van der Waals surface area contributed by atoms with Gasteiger partial charge in [-0.05, 0) is 0 Å². The molecule has 0 bridgehead atoms. The van der Waals surface area contributed by atoms with Crippen LogP contribution < -0.4 is 16.6 Å². The van der Waals surface area contributed by atoms with E-state index in [0.717, 1.165) is 0 Å². The lowest BCUT2D eigenvalue weighted by Crippen LogP contribution is -2.43. The number of rotatable bonds is 2. The van der Waals surface area contributed by atoms with Crippen LogP contribution in [0.4, 0.5) is 0 Å². The van der Waals surface area contributed by atoms with Crippen LogP contribution in [0.15, 0.2) is 0 Å². The molecule has 0 spiro atoms. The molecule has 0 saturated carbocycles. The minimum atomic E-state index is -1.15. The predicted molar refractivity (Wildman–Crippen MR) is 26.5 cm³/mol. The highest BCUT2D eigenvalue weighted by molar-refractivity contribution is 6.34. The molecular weight excluding hydrogens is 126 g/mol. The molecule has 0 rings (SSSR count). The normalized spacial score (nSPS) is 7.56. The molecule has 0 aromatic carbocycles. The minimum absolute atomic E-state index is 0.209. The Hall–Kier alpha value is -1.59. The third-order valence-electron chi connectivity index (χ3n) is 0.468. The fourth-order valence-electron chi connectivity index (χ4n) is 0.157. The standard InChI is InChI=1S/C3H5N3O3/c4-2(8)3(9)6-5-1-7/h1H,(H2,4,8)(H,5,7)(H,6,9). The molecule has 0 atom stereocenters. The molecule has 0 saturated heterocycles. The van der Waals surface area contributed by atoms with Crippen LogP contribution in [0, 0.1) is 0 Å². The van der Waals surface area contributed by atoms with E-state index in [1.807, 2.05) is 0 Å². The lowest BCUT2D eigenvalue weighted by atomic mass is 10.6. The summed E-state index contributed by atoms with van der Waals surface area (Å²) in [5.74, 6) is -2.20. The monoisotopic (exact) mass is 131 g/mol. The third-order valence-corrected chi connectivity index (χ3v) is 0.468. The fourth-order valence-corrected chi connectivity index (χ4v) is 0.157. The summed E-state index contributed by atoms with van der Waals surface area (Å²) < 4.78 is 0. The van der Waals surface area contributed by atoms with Crippen molar-refractivity contribution in [1.29, 1.82) is 0 Å². The first-order valence-electron chi connectivity index (χ1n) is 1.97. The van der Waals surface area contributed by atoms with Gasteiger partial charge in [-0.2, -0.15) is 0 Å². The Morgan fingerprint density at radius 3 is 2.33 bits per heavy atom. The SMILES string of the molecule is NC(=O)C(=O)NNC=O. The summed E-state index contributed by atoms with van der Waals surface area (Å²) in [7, 11) is 0. The number of carbonyl (C=O) groups is 3. The fraction of sp³-hybridized carbons (Fsp3) is 0. The van der Waals surface area contributed by atoms with Crippen LogP contribution in [0.25, 0.3) is 0 Å². The maximum atomic E-state index is 10.1. The average Bonchev–Trinajstić information content (AvgIpc) is 1.82. The summed E-state index contributed by atoms with van der Waals surface area (Å²) in [4.78, 5) is 29.4. The van der Waals surface area contributed by atoms with Crippen LogP contribution in [0.5, 0.6) is 0 Å². The van der Waals surface area contributed by atoms with Crippen LogP contribution in [0.1, 0.15) is 0 Å². The van der Waals surface area contributed by atoms with E-state index in [1.54, 1.807) is 10.9 Å². The summed E-state index contributed by atoms with van der Waals surface area (Å²) in [5.41, 5.74) is 7.92. The minimum Gasteiger partial charge on any atom is -0.361 e. The van der Waals surface area contributed by atoms with Crippen molar-refractivity contribution in [3.63, 3.8) is 0 Å². The molecule has 50 valence electrons. The molecule has 0 aliphatic carbocycles. The Morgan fingerprint density at radius 2 is 2.00 bits per heavy atom. The van der Waals surface area contributed by atoms with Crippen molar-refractivity contribution in [2.45, 2.75) is 0 Å². The van der Waals surface area contributed by atoms with Crippen molar-refractivity contribution >= 4 is 18.2 Å². The van der Waals surface area contributed by atoms with E-state index in [1.165, 1.54) is 0 Å². The highest BCUT2D eigenvalue weighted by atomic mass is 16.2. The molecule has 3 amide bonds. The average molecular weight is 131 g/mol. The van der Waals surface area contributed by atoms with Crippen molar-refractivity contribution in [1.82, 2.24) is 10.9 Å². The number of carbonyl (C=O) groups excluding carboxylic acids is 3. The number of nitrogens with two attached hydrogens (primary N) is 1. The van der Waals surface area contributed by atoms with Crippen molar-refractivity contribution in [3.8, 4) is 0 Å². The smallest absolute Gasteiger partial charge is 0.327 e. The maximum Gasteiger partial charge on any atom is 0.327 e. The zero-order valence-electron chi connectivity index (χ0n) is 4.38. The molecule has 0 unspecified atom stereocenters. The van der Waals surface area contributed by atoms with Gasteiger partial charge in [-0.1, -0.05) is 0 Å². The summed E-state index contributed by atoms with van der Waals surface area (Å²) in [6, 6.07) is 0. The highest BCUT2D eigenvalue weighted by Gasteiger charge is 2.04. The van der Waals surface area contributed by atoms with Crippen molar-refractivity contribution in [2.75, 3.05) is 0 Å². The number of hydrogen-bond acceptors (Lipinski definition) is 3. The molecule has 0 fully saturated rings. The largest absolute Gasteiger partial charge is 0.361 e. The third kappa shape index (κ3) is 3.03. The Kier molecular flexibility index (Phi) is 2.81. The van der Waals surface area contributed by atoms with Crippen molar-refractivity contribution < 1.29 is 14.4 Å². The molecule has 0 aromatic heterocycles. The summed E-state index contributed by atoms with van der Waals surface area (Å²) in [5, 5.41) is 0.